The fourth-order valence-corrected chi connectivity index (χ4v) is 3.48. The zero-order chi connectivity index (χ0) is 15.6. The number of benzene rings is 1. The Kier molecular flexibility index (Phi) is 7.73. The molecule has 0 saturated carbocycles. The molecule has 0 radical (unpaired) electrons. The van der Waals surface area contributed by atoms with E-state index in [0.717, 1.165) is 0 Å². The fourth-order valence-electron chi connectivity index (χ4n) is 3.48. The van der Waals surface area contributed by atoms with Crippen LogP contribution in [-0.2, 0) is 6.42 Å². The maximum absolute atomic E-state index is 2.56. The van der Waals surface area contributed by atoms with Crippen LogP contribution in [0.1, 0.15) is 63.9 Å². The quantitative estimate of drug-likeness (QED) is 0.401. The first kappa shape index (κ1) is 17.3. The molecule has 0 saturated heterocycles. The van der Waals surface area contributed by atoms with E-state index in [0.29, 0.717) is 6.04 Å². The van der Waals surface area contributed by atoms with Crippen molar-refractivity contribution >= 4 is 0 Å². The van der Waals surface area contributed by atoms with Crippen molar-refractivity contribution in [3.05, 3.63) is 47.5 Å². The lowest BCUT2D eigenvalue weighted by atomic mass is 10.0. The van der Waals surface area contributed by atoms with Gasteiger partial charge in [-0.05, 0) is 38.3 Å². The highest BCUT2D eigenvalue weighted by atomic mass is 15.1. The highest BCUT2D eigenvalue weighted by molar-refractivity contribution is 5.18. The third-order valence-corrected chi connectivity index (χ3v) is 4.86. The minimum atomic E-state index is 0.702. The zero-order valence-electron chi connectivity index (χ0n) is 14.6. The largest absolute Gasteiger partial charge is 0.296 e. The Morgan fingerprint density at radius 1 is 0.955 bits per heavy atom. The molecule has 1 aromatic carbocycles. The Morgan fingerprint density at radius 2 is 1.73 bits per heavy atom. The van der Waals surface area contributed by atoms with Gasteiger partial charge in [0.1, 0.15) is 0 Å². The van der Waals surface area contributed by atoms with E-state index in [4.69, 9.17) is 0 Å². The summed E-state index contributed by atoms with van der Waals surface area (Å²) in [5.74, 6) is 0. The predicted molar refractivity (Wildman–Crippen MR) is 97.3 cm³/mol. The van der Waals surface area contributed by atoms with E-state index in [2.05, 4.69) is 55.3 Å². The molecule has 0 spiro atoms. The van der Waals surface area contributed by atoms with Crippen molar-refractivity contribution in [1.29, 1.82) is 0 Å². The van der Waals surface area contributed by atoms with Gasteiger partial charge in [-0.3, -0.25) is 4.90 Å². The topological polar surface area (TPSA) is 3.24 Å². The summed E-state index contributed by atoms with van der Waals surface area (Å²) >= 11 is 0. The summed E-state index contributed by atoms with van der Waals surface area (Å²) in [5.41, 5.74) is 3.14. The molecule has 0 fully saturated rings. The van der Waals surface area contributed by atoms with Crippen LogP contribution < -0.4 is 0 Å². The Balaban J connectivity index is 1.65. The second-order valence-electron chi connectivity index (χ2n) is 6.85. The molecular formula is C21H33N. The Labute approximate surface area is 137 Å². The number of hydrogen-bond acceptors (Lipinski definition) is 1. The summed E-state index contributed by atoms with van der Waals surface area (Å²) < 4.78 is 0. The second kappa shape index (κ2) is 9.84. The van der Waals surface area contributed by atoms with E-state index in [1.807, 2.05) is 0 Å². The minimum absolute atomic E-state index is 0.702. The van der Waals surface area contributed by atoms with Gasteiger partial charge in [-0.25, -0.2) is 0 Å². The van der Waals surface area contributed by atoms with Gasteiger partial charge in [0.25, 0.3) is 0 Å². The SMILES string of the molecule is CCCCCCC[C@@H]1C=C(CCCc2ccccc2)CN1C. The first-order chi connectivity index (χ1) is 10.8. The summed E-state index contributed by atoms with van der Waals surface area (Å²) in [6.45, 7) is 3.48. The van der Waals surface area contributed by atoms with E-state index >= 15 is 0 Å². The predicted octanol–water partition coefficient (Wildman–Crippen LogP) is 5.61. The van der Waals surface area contributed by atoms with E-state index in [-0.39, 0.29) is 0 Å². The first-order valence-corrected chi connectivity index (χ1v) is 9.23. The minimum Gasteiger partial charge on any atom is -0.296 e. The van der Waals surface area contributed by atoms with Crippen LogP contribution in [-0.4, -0.2) is 24.5 Å². The molecule has 1 heteroatoms. The third-order valence-electron chi connectivity index (χ3n) is 4.86. The number of likely N-dealkylation sites (N-methyl/N-ethyl adjacent to an activating group) is 1. The van der Waals surface area contributed by atoms with Crippen molar-refractivity contribution in [3.63, 3.8) is 0 Å². The zero-order valence-corrected chi connectivity index (χ0v) is 14.6. The number of rotatable bonds is 10. The lowest BCUT2D eigenvalue weighted by Gasteiger charge is -2.18. The second-order valence-corrected chi connectivity index (χ2v) is 6.85. The molecule has 122 valence electrons. The van der Waals surface area contributed by atoms with E-state index in [1.54, 1.807) is 5.57 Å². The van der Waals surface area contributed by atoms with Gasteiger partial charge in [-0.1, -0.05) is 81.0 Å². The average Bonchev–Trinajstić information content (AvgIpc) is 2.88. The molecule has 1 aliphatic rings. The normalized spacial score (nSPS) is 18.6. The standard InChI is InChI=1S/C21H33N/c1-3-4-5-6-10-16-21-17-20(18-22(21)2)15-11-14-19-12-8-7-9-13-19/h7-9,12-13,17,21H,3-6,10-11,14-16,18H2,1-2H3/t21-/m1/s1. The van der Waals surface area contributed by atoms with Gasteiger partial charge in [-0.2, -0.15) is 0 Å². The van der Waals surface area contributed by atoms with Crippen molar-refractivity contribution in [1.82, 2.24) is 4.90 Å². The summed E-state index contributed by atoms with van der Waals surface area (Å²) in [6, 6.07) is 11.6. The van der Waals surface area contributed by atoms with Crippen LogP contribution in [0, 0.1) is 0 Å². The molecule has 1 aromatic rings. The van der Waals surface area contributed by atoms with Crippen molar-refractivity contribution < 1.29 is 0 Å². The molecule has 1 nitrogen and oxygen atoms in total. The Hall–Kier alpha value is -1.08. The van der Waals surface area contributed by atoms with Crippen LogP contribution in [0.15, 0.2) is 42.0 Å². The lowest BCUT2D eigenvalue weighted by molar-refractivity contribution is 0.308. The van der Waals surface area contributed by atoms with Gasteiger partial charge >= 0.3 is 0 Å². The Bertz CT molecular complexity index is 434. The maximum atomic E-state index is 2.56. The maximum Gasteiger partial charge on any atom is 0.0281 e. The van der Waals surface area contributed by atoms with Crippen molar-refractivity contribution in [2.24, 2.45) is 0 Å². The Morgan fingerprint density at radius 3 is 2.50 bits per heavy atom. The molecule has 1 atom stereocenters. The molecule has 0 bridgehead atoms. The van der Waals surface area contributed by atoms with Crippen LogP contribution in [0.3, 0.4) is 0 Å². The molecule has 0 N–H and O–H groups in total. The van der Waals surface area contributed by atoms with Crippen molar-refractivity contribution in [3.8, 4) is 0 Å². The van der Waals surface area contributed by atoms with Crippen LogP contribution in [0.2, 0.25) is 0 Å². The van der Waals surface area contributed by atoms with Gasteiger partial charge in [-0.15, -0.1) is 0 Å². The van der Waals surface area contributed by atoms with Crippen molar-refractivity contribution in [2.45, 2.75) is 70.8 Å². The molecule has 22 heavy (non-hydrogen) atoms. The van der Waals surface area contributed by atoms with Gasteiger partial charge in [0, 0.05) is 12.6 Å². The van der Waals surface area contributed by atoms with Crippen LogP contribution in [0.4, 0.5) is 0 Å². The monoisotopic (exact) mass is 299 g/mol. The third kappa shape index (κ3) is 5.96. The molecular weight excluding hydrogens is 266 g/mol. The molecule has 0 amide bonds. The average molecular weight is 300 g/mol. The number of nitrogens with zero attached hydrogens (tertiary/aromatic N) is 1. The molecule has 0 unspecified atom stereocenters. The van der Waals surface area contributed by atoms with Gasteiger partial charge in [0.05, 0.1) is 0 Å². The number of unbranched alkanes of at least 4 members (excludes halogenated alkanes) is 4. The van der Waals surface area contributed by atoms with Gasteiger partial charge < -0.3 is 0 Å². The van der Waals surface area contributed by atoms with Crippen LogP contribution in [0.25, 0.3) is 0 Å². The molecule has 0 aromatic heterocycles. The molecule has 1 aliphatic heterocycles. The van der Waals surface area contributed by atoms with E-state index < -0.39 is 0 Å². The smallest absolute Gasteiger partial charge is 0.0281 e. The molecule has 0 aliphatic carbocycles. The number of hydrogen-bond donors (Lipinski definition) is 0. The molecule has 2 rings (SSSR count). The number of aryl methyl sites for hydroxylation is 1. The van der Waals surface area contributed by atoms with Gasteiger partial charge in [0.15, 0.2) is 0 Å². The molecule has 1 heterocycles. The van der Waals surface area contributed by atoms with Crippen LogP contribution >= 0.6 is 0 Å². The summed E-state index contributed by atoms with van der Waals surface area (Å²) in [6.07, 6.45) is 14.6. The first-order valence-electron chi connectivity index (χ1n) is 9.23. The van der Waals surface area contributed by atoms with Gasteiger partial charge in [0.2, 0.25) is 0 Å². The van der Waals surface area contributed by atoms with E-state index in [9.17, 15) is 0 Å². The van der Waals surface area contributed by atoms with Crippen LogP contribution in [0.5, 0.6) is 0 Å². The summed E-state index contributed by atoms with van der Waals surface area (Å²) in [5, 5.41) is 0. The summed E-state index contributed by atoms with van der Waals surface area (Å²) in [7, 11) is 2.29. The van der Waals surface area contributed by atoms with Crippen molar-refractivity contribution in [2.75, 3.05) is 13.6 Å². The summed E-state index contributed by atoms with van der Waals surface area (Å²) in [4.78, 5) is 2.54. The highest BCUT2D eigenvalue weighted by Gasteiger charge is 2.20. The fraction of sp³-hybridized carbons (Fsp3) is 0.619. The lowest BCUT2D eigenvalue weighted by Crippen LogP contribution is -2.25. The highest BCUT2D eigenvalue weighted by Crippen LogP contribution is 2.23. The van der Waals surface area contributed by atoms with E-state index in [1.165, 1.54) is 69.9 Å².